The molecule has 43 heavy (non-hydrogen) atoms. The number of anilines is 1. The quantitative estimate of drug-likeness (QED) is 0.277. The van der Waals surface area contributed by atoms with Crippen LogP contribution in [0.25, 0.3) is 0 Å². The maximum atomic E-state index is 13.0. The number of alkyl halides is 5. The van der Waals surface area contributed by atoms with Crippen molar-refractivity contribution in [2.24, 2.45) is 0 Å². The van der Waals surface area contributed by atoms with Crippen molar-refractivity contribution in [3.8, 4) is 0 Å². The van der Waals surface area contributed by atoms with Gasteiger partial charge in [0.05, 0.1) is 28.4 Å². The third-order valence-electron chi connectivity index (χ3n) is 7.38. The van der Waals surface area contributed by atoms with Crippen molar-refractivity contribution in [1.82, 2.24) is 15.3 Å². The molecule has 2 aromatic carbocycles. The monoisotopic (exact) mass is 626 g/mol. The van der Waals surface area contributed by atoms with E-state index in [4.69, 9.17) is 0 Å². The Bertz CT molecular complexity index is 1470. The zero-order valence-electron chi connectivity index (χ0n) is 23.2. The van der Waals surface area contributed by atoms with E-state index in [1.54, 1.807) is 19.1 Å². The number of sulfone groups is 1. The SMILES string of the molecule is CCS(=O)(=O)c1ccc(CNC(=O)c2cnc(N3CC(c4ccc(C(F)(F)F)cc4)CC[C@H]3CCOC(F)F)nc2)cc1. The third kappa shape index (κ3) is 8.47. The lowest BCUT2D eigenvalue weighted by Crippen LogP contribution is -2.44. The summed E-state index contributed by atoms with van der Waals surface area (Å²) in [7, 11) is -3.33. The van der Waals surface area contributed by atoms with Crippen LogP contribution < -0.4 is 10.2 Å². The lowest BCUT2D eigenvalue weighted by atomic mass is 9.86. The van der Waals surface area contributed by atoms with Crippen molar-refractivity contribution in [1.29, 1.82) is 0 Å². The van der Waals surface area contributed by atoms with Crippen molar-refractivity contribution in [2.75, 3.05) is 23.8 Å². The summed E-state index contributed by atoms with van der Waals surface area (Å²) in [6.07, 6.45) is -0.355. The fourth-order valence-corrected chi connectivity index (χ4v) is 5.82. The Morgan fingerprint density at radius 3 is 2.28 bits per heavy atom. The molecule has 0 spiro atoms. The highest BCUT2D eigenvalue weighted by atomic mass is 32.2. The number of hydrogen-bond acceptors (Lipinski definition) is 7. The van der Waals surface area contributed by atoms with Crippen LogP contribution in [-0.2, 0) is 27.3 Å². The summed E-state index contributed by atoms with van der Waals surface area (Å²) in [6.45, 7) is -1.08. The van der Waals surface area contributed by atoms with E-state index in [1.165, 1.54) is 36.7 Å². The zero-order valence-corrected chi connectivity index (χ0v) is 24.0. The highest BCUT2D eigenvalue weighted by Crippen LogP contribution is 2.35. The van der Waals surface area contributed by atoms with Crippen LogP contribution in [0.4, 0.5) is 27.9 Å². The number of benzene rings is 2. The molecule has 0 bridgehead atoms. The predicted octanol–water partition coefficient (Wildman–Crippen LogP) is 5.60. The topological polar surface area (TPSA) is 101 Å². The van der Waals surface area contributed by atoms with Crippen LogP contribution >= 0.6 is 0 Å². The first-order valence-electron chi connectivity index (χ1n) is 13.6. The van der Waals surface area contributed by atoms with E-state index in [-0.39, 0.29) is 53.7 Å². The Hall–Kier alpha value is -3.65. The van der Waals surface area contributed by atoms with Crippen LogP contribution in [0.3, 0.4) is 0 Å². The predicted molar refractivity (Wildman–Crippen MR) is 148 cm³/mol. The molecule has 1 aromatic heterocycles. The summed E-state index contributed by atoms with van der Waals surface area (Å²) in [5, 5.41) is 2.73. The highest BCUT2D eigenvalue weighted by Gasteiger charge is 2.33. The fraction of sp³-hybridized carbons (Fsp3) is 0.414. The summed E-state index contributed by atoms with van der Waals surface area (Å²) in [5.41, 5.74) is 0.821. The van der Waals surface area contributed by atoms with Gasteiger partial charge in [0.1, 0.15) is 0 Å². The van der Waals surface area contributed by atoms with Crippen molar-refractivity contribution in [3.05, 3.63) is 83.2 Å². The second kappa shape index (κ2) is 13.8. The van der Waals surface area contributed by atoms with E-state index >= 15 is 0 Å². The average molecular weight is 627 g/mol. The number of ether oxygens (including phenoxy) is 1. The molecule has 0 aliphatic carbocycles. The number of halogens is 5. The van der Waals surface area contributed by atoms with Gasteiger partial charge in [-0.2, -0.15) is 22.0 Å². The standard InChI is InChI=1S/C29H31F5N4O4S/c1-2-43(40,41)25-11-3-19(4-12-25)15-35-26(39)22-16-36-28(37-17-22)38-18-21(7-10-24(38)13-14-42-27(30)31)20-5-8-23(9-6-20)29(32,33)34/h3-6,8-9,11-12,16-17,21,24,27H,2,7,10,13-15,18H2,1H3,(H,35,39)/t21?,24-/m0/s1. The van der Waals surface area contributed by atoms with Gasteiger partial charge in [-0.3, -0.25) is 4.79 Å². The number of aromatic nitrogens is 2. The van der Waals surface area contributed by atoms with E-state index in [0.717, 1.165) is 12.1 Å². The van der Waals surface area contributed by atoms with Crippen molar-refractivity contribution < 1.29 is 39.9 Å². The minimum Gasteiger partial charge on any atom is -0.348 e. The van der Waals surface area contributed by atoms with Crippen LogP contribution in [0.5, 0.6) is 0 Å². The highest BCUT2D eigenvalue weighted by molar-refractivity contribution is 7.91. The minimum absolute atomic E-state index is 0.0174. The first-order valence-corrected chi connectivity index (χ1v) is 15.3. The zero-order chi connectivity index (χ0) is 31.2. The summed E-state index contributed by atoms with van der Waals surface area (Å²) in [5.74, 6) is -0.376. The molecule has 232 valence electrons. The van der Waals surface area contributed by atoms with Gasteiger partial charge in [-0.05, 0) is 54.7 Å². The van der Waals surface area contributed by atoms with E-state index < -0.39 is 34.1 Å². The van der Waals surface area contributed by atoms with Gasteiger partial charge < -0.3 is 15.0 Å². The Labute approximate surface area is 246 Å². The number of rotatable bonds is 11. The lowest BCUT2D eigenvalue weighted by Gasteiger charge is -2.40. The molecule has 1 aliphatic heterocycles. The summed E-state index contributed by atoms with van der Waals surface area (Å²) in [6, 6.07) is 10.9. The van der Waals surface area contributed by atoms with Gasteiger partial charge in [-0.1, -0.05) is 31.2 Å². The smallest absolute Gasteiger partial charge is 0.348 e. The molecular formula is C29H31F5N4O4S. The number of piperidine rings is 1. The van der Waals surface area contributed by atoms with Crippen LogP contribution in [0, 0.1) is 0 Å². The molecule has 2 heterocycles. The second-order valence-corrected chi connectivity index (χ2v) is 12.4. The minimum atomic E-state index is -4.45. The number of nitrogens with zero attached hydrogens (tertiary/aromatic N) is 3. The first-order chi connectivity index (χ1) is 20.4. The van der Waals surface area contributed by atoms with E-state index in [0.29, 0.717) is 30.5 Å². The van der Waals surface area contributed by atoms with Gasteiger partial charge in [0.2, 0.25) is 5.95 Å². The van der Waals surface area contributed by atoms with Crippen LogP contribution in [0.15, 0.2) is 65.8 Å². The Morgan fingerprint density at radius 2 is 1.70 bits per heavy atom. The Balaban J connectivity index is 1.44. The van der Waals surface area contributed by atoms with Crippen LogP contribution in [-0.4, -0.2) is 55.9 Å². The average Bonchev–Trinajstić information content (AvgIpc) is 3.00. The number of amides is 1. The molecule has 14 heteroatoms. The molecule has 0 saturated carbocycles. The van der Waals surface area contributed by atoms with Gasteiger partial charge in [0, 0.05) is 37.4 Å². The van der Waals surface area contributed by atoms with Gasteiger partial charge in [0.15, 0.2) is 9.84 Å². The van der Waals surface area contributed by atoms with Crippen molar-refractivity contribution in [3.63, 3.8) is 0 Å². The molecule has 1 saturated heterocycles. The number of hydrogen-bond donors (Lipinski definition) is 1. The second-order valence-electron chi connectivity index (χ2n) is 10.1. The molecule has 3 aromatic rings. The van der Waals surface area contributed by atoms with Gasteiger partial charge >= 0.3 is 12.8 Å². The molecule has 1 unspecified atom stereocenters. The third-order valence-corrected chi connectivity index (χ3v) is 9.13. The van der Waals surface area contributed by atoms with Crippen LogP contribution in [0.2, 0.25) is 0 Å². The van der Waals surface area contributed by atoms with Gasteiger partial charge in [-0.25, -0.2) is 18.4 Å². The molecule has 1 aliphatic rings. The molecule has 8 nitrogen and oxygen atoms in total. The van der Waals surface area contributed by atoms with Crippen LogP contribution in [0.1, 0.15) is 59.2 Å². The molecule has 0 radical (unpaired) electrons. The van der Waals surface area contributed by atoms with Crippen molar-refractivity contribution in [2.45, 2.75) is 62.4 Å². The number of nitrogens with one attached hydrogen (secondary N) is 1. The maximum Gasteiger partial charge on any atom is 0.416 e. The normalized spacial score (nSPS) is 17.7. The van der Waals surface area contributed by atoms with Gasteiger partial charge in [-0.15, -0.1) is 0 Å². The van der Waals surface area contributed by atoms with E-state index in [9.17, 15) is 35.2 Å². The Morgan fingerprint density at radius 1 is 1.05 bits per heavy atom. The largest absolute Gasteiger partial charge is 0.416 e. The molecule has 4 rings (SSSR count). The molecule has 1 fully saturated rings. The fourth-order valence-electron chi connectivity index (χ4n) is 4.93. The Kier molecular flexibility index (Phi) is 10.3. The summed E-state index contributed by atoms with van der Waals surface area (Å²) in [4.78, 5) is 23.4. The summed E-state index contributed by atoms with van der Waals surface area (Å²) < 4.78 is 92.6. The van der Waals surface area contributed by atoms with E-state index in [1.807, 2.05) is 4.90 Å². The van der Waals surface area contributed by atoms with Gasteiger partial charge in [0.25, 0.3) is 5.91 Å². The maximum absolute atomic E-state index is 13.0. The number of carbonyl (C=O) groups is 1. The molecule has 2 atom stereocenters. The summed E-state index contributed by atoms with van der Waals surface area (Å²) >= 11 is 0. The first kappa shape index (κ1) is 32.3. The lowest BCUT2D eigenvalue weighted by molar-refractivity contribution is -0.137. The van der Waals surface area contributed by atoms with E-state index in [2.05, 4.69) is 20.0 Å². The molecule has 1 amide bonds. The molecule has 1 N–H and O–H groups in total. The molecular weight excluding hydrogens is 595 g/mol. The van der Waals surface area contributed by atoms with Crippen molar-refractivity contribution >= 4 is 21.7 Å². The number of carbonyl (C=O) groups excluding carboxylic acids is 1.